The van der Waals surface area contributed by atoms with Gasteiger partial charge in [-0.1, -0.05) is 6.92 Å². The third-order valence-electron chi connectivity index (χ3n) is 3.77. The van der Waals surface area contributed by atoms with Crippen molar-refractivity contribution in [3.63, 3.8) is 0 Å². The normalized spacial score (nSPS) is 21.1. The zero-order chi connectivity index (χ0) is 14.6. The second kappa shape index (κ2) is 6.91. The Bertz CT molecular complexity index is 409. The van der Waals surface area contributed by atoms with Gasteiger partial charge in [-0.05, 0) is 51.0 Å². The van der Waals surface area contributed by atoms with Crippen LogP contribution in [-0.2, 0) is 12.7 Å². The van der Waals surface area contributed by atoms with Crippen LogP contribution in [0.5, 0.6) is 0 Å². The Morgan fingerprint density at radius 1 is 1.30 bits per heavy atom. The van der Waals surface area contributed by atoms with E-state index in [9.17, 15) is 13.2 Å². The number of thiophene rings is 1. The molecule has 2 rings (SSSR count). The van der Waals surface area contributed by atoms with Crippen LogP contribution >= 0.6 is 11.3 Å². The summed E-state index contributed by atoms with van der Waals surface area (Å²) in [6.07, 6.45) is -0.880. The van der Waals surface area contributed by atoms with Crippen molar-refractivity contribution < 1.29 is 13.2 Å². The fourth-order valence-corrected chi connectivity index (χ4v) is 3.58. The molecule has 2 heterocycles. The second-order valence-electron chi connectivity index (χ2n) is 5.16. The van der Waals surface area contributed by atoms with Gasteiger partial charge in [0.05, 0.1) is 0 Å². The van der Waals surface area contributed by atoms with Crippen molar-refractivity contribution in [2.24, 2.45) is 0 Å². The highest BCUT2D eigenvalue weighted by Crippen LogP contribution is 2.35. The maximum absolute atomic E-state index is 12.6. The average molecular weight is 306 g/mol. The molecule has 0 aliphatic carbocycles. The van der Waals surface area contributed by atoms with Gasteiger partial charge >= 0.3 is 6.18 Å². The fraction of sp³-hybridized carbons (Fsp3) is 0.714. The van der Waals surface area contributed by atoms with Gasteiger partial charge in [0.25, 0.3) is 0 Å². The summed E-state index contributed by atoms with van der Waals surface area (Å²) >= 11 is 0.870. The second-order valence-corrected chi connectivity index (χ2v) is 6.33. The van der Waals surface area contributed by atoms with Crippen LogP contribution < -0.4 is 5.32 Å². The lowest BCUT2D eigenvalue weighted by Crippen LogP contribution is -2.35. The van der Waals surface area contributed by atoms with E-state index in [0.717, 1.165) is 55.1 Å². The van der Waals surface area contributed by atoms with Crippen LogP contribution in [-0.4, -0.2) is 30.6 Å². The standard InChI is InChI=1S/C14H21F3N2S/c1-2-19(11-4-3-8-18-9-7-11)10-12-5-6-13(20-12)14(15,16)17/h5-6,11,18H,2-4,7-10H2,1H3. The van der Waals surface area contributed by atoms with Gasteiger partial charge in [0.15, 0.2) is 0 Å². The summed E-state index contributed by atoms with van der Waals surface area (Å²) in [5.41, 5.74) is 0. The maximum atomic E-state index is 12.6. The molecule has 114 valence electrons. The van der Waals surface area contributed by atoms with E-state index < -0.39 is 11.1 Å². The molecule has 1 unspecified atom stereocenters. The summed E-state index contributed by atoms with van der Waals surface area (Å²) in [5.74, 6) is 0. The number of alkyl halides is 3. The Morgan fingerprint density at radius 3 is 2.75 bits per heavy atom. The van der Waals surface area contributed by atoms with Gasteiger partial charge in [0.2, 0.25) is 0 Å². The van der Waals surface area contributed by atoms with Crippen molar-refractivity contribution in [1.82, 2.24) is 10.2 Å². The molecule has 1 fully saturated rings. The van der Waals surface area contributed by atoms with Crippen molar-refractivity contribution in [1.29, 1.82) is 0 Å². The first-order valence-electron chi connectivity index (χ1n) is 7.11. The Labute approximate surface area is 122 Å². The molecule has 0 bridgehead atoms. The summed E-state index contributed by atoms with van der Waals surface area (Å²) in [5, 5.41) is 3.37. The van der Waals surface area contributed by atoms with E-state index >= 15 is 0 Å². The maximum Gasteiger partial charge on any atom is 0.425 e. The first-order valence-corrected chi connectivity index (χ1v) is 7.93. The molecule has 0 radical (unpaired) electrons. The van der Waals surface area contributed by atoms with Crippen molar-refractivity contribution in [3.05, 3.63) is 21.9 Å². The summed E-state index contributed by atoms with van der Waals surface area (Å²) in [6, 6.07) is 3.29. The number of hydrogen-bond acceptors (Lipinski definition) is 3. The van der Waals surface area contributed by atoms with E-state index in [0.29, 0.717) is 12.6 Å². The van der Waals surface area contributed by atoms with Crippen LogP contribution in [0, 0.1) is 0 Å². The van der Waals surface area contributed by atoms with Crippen LogP contribution in [0.1, 0.15) is 35.9 Å². The molecular formula is C14H21F3N2S. The van der Waals surface area contributed by atoms with Crippen molar-refractivity contribution in [2.45, 2.75) is 44.9 Å². The van der Waals surface area contributed by atoms with Crippen LogP contribution in [0.3, 0.4) is 0 Å². The third-order valence-corrected chi connectivity index (χ3v) is 4.88. The molecule has 20 heavy (non-hydrogen) atoms. The molecule has 1 aromatic rings. The van der Waals surface area contributed by atoms with Crippen LogP contribution in [0.25, 0.3) is 0 Å². The predicted molar refractivity (Wildman–Crippen MR) is 75.9 cm³/mol. The van der Waals surface area contributed by atoms with E-state index in [1.807, 2.05) is 0 Å². The minimum atomic E-state index is -4.22. The lowest BCUT2D eigenvalue weighted by molar-refractivity contribution is -0.134. The number of nitrogens with one attached hydrogen (secondary N) is 1. The quantitative estimate of drug-likeness (QED) is 0.912. The molecule has 1 N–H and O–H groups in total. The third kappa shape index (κ3) is 4.20. The Morgan fingerprint density at radius 2 is 2.10 bits per heavy atom. The van der Waals surface area contributed by atoms with Gasteiger partial charge in [0.1, 0.15) is 4.88 Å². The molecule has 1 saturated heterocycles. The Kier molecular flexibility index (Phi) is 5.46. The molecule has 1 aliphatic heterocycles. The van der Waals surface area contributed by atoms with Gasteiger partial charge in [-0.2, -0.15) is 13.2 Å². The zero-order valence-corrected chi connectivity index (χ0v) is 12.5. The average Bonchev–Trinajstić information content (AvgIpc) is 2.71. The monoisotopic (exact) mass is 306 g/mol. The molecular weight excluding hydrogens is 285 g/mol. The molecule has 0 spiro atoms. The number of rotatable bonds is 4. The Balaban J connectivity index is 2.00. The summed E-state index contributed by atoms with van der Waals surface area (Å²) < 4.78 is 37.9. The van der Waals surface area contributed by atoms with Crippen molar-refractivity contribution in [2.75, 3.05) is 19.6 Å². The topological polar surface area (TPSA) is 15.3 Å². The molecule has 0 amide bonds. The van der Waals surface area contributed by atoms with E-state index in [1.54, 1.807) is 6.07 Å². The van der Waals surface area contributed by atoms with E-state index in [-0.39, 0.29) is 0 Å². The molecule has 0 aromatic carbocycles. The lowest BCUT2D eigenvalue weighted by atomic mass is 10.1. The van der Waals surface area contributed by atoms with Crippen LogP contribution in [0.4, 0.5) is 13.2 Å². The number of hydrogen-bond donors (Lipinski definition) is 1. The van der Waals surface area contributed by atoms with Gasteiger partial charge < -0.3 is 5.32 Å². The summed E-state index contributed by atoms with van der Waals surface area (Å²) in [6.45, 7) is 5.63. The molecule has 0 saturated carbocycles. The highest BCUT2D eigenvalue weighted by atomic mass is 32.1. The smallest absolute Gasteiger partial charge is 0.317 e. The van der Waals surface area contributed by atoms with E-state index in [2.05, 4.69) is 17.1 Å². The predicted octanol–water partition coefficient (Wildman–Crippen LogP) is 3.73. The molecule has 1 aromatic heterocycles. The van der Waals surface area contributed by atoms with Gasteiger partial charge in [-0.15, -0.1) is 11.3 Å². The molecule has 1 aliphatic rings. The van der Waals surface area contributed by atoms with Gasteiger partial charge in [0, 0.05) is 17.5 Å². The van der Waals surface area contributed by atoms with Crippen molar-refractivity contribution >= 4 is 11.3 Å². The van der Waals surface area contributed by atoms with Crippen molar-refractivity contribution in [3.8, 4) is 0 Å². The highest BCUT2D eigenvalue weighted by Gasteiger charge is 2.32. The molecule has 6 heteroatoms. The minimum absolute atomic E-state index is 0.478. The number of halogens is 3. The SMILES string of the molecule is CCN(Cc1ccc(C(F)(F)F)s1)C1CCCNCC1. The zero-order valence-electron chi connectivity index (χ0n) is 11.7. The van der Waals surface area contributed by atoms with E-state index in [4.69, 9.17) is 0 Å². The van der Waals surface area contributed by atoms with Crippen LogP contribution in [0.15, 0.2) is 12.1 Å². The summed E-state index contributed by atoms with van der Waals surface area (Å²) in [4.78, 5) is 2.61. The van der Waals surface area contributed by atoms with E-state index in [1.165, 1.54) is 6.07 Å². The largest absolute Gasteiger partial charge is 0.425 e. The van der Waals surface area contributed by atoms with Crippen LogP contribution in [0.2, 0.25) is 0 Å². The fourth-order valence-electron chi connectivity index (χ4n) is 2.68. The van der Waals surface area contributed by atoms with Gasteiger partial charge in [-0.3, -0.25) is 4.90 Å². The highest BCUT2D eigenvalue weighted by molar-refractivity contribution is 7.12. The molecule has 1 atom stereocenters. The minimum Gasteiger partial charge on any atom is -0.317 e. The molecule has 2 nitrogen and oxygen atoms in total. The van der Waals surface area contributed by atoms with Gasteiger partial charge in [-0.25, -0.2) is 0 Å². The Hall–Kier alpha value is -0.590. The first kappa shape index (κ1) is 15.8. The first-order chi connectivity index (χ1) is 9.50. The summed E-state index contributed by atoms with van der Waals surface area (Å²) in [7, 11) is 0. The lowest BCUT2D eigenvalue weighted by Gasteiger charge is -2.29. The number of nitrogens with zero attached hydrogens (tertiary/aromatic N) is 1.